The number of hydrazine groups is 1. The van der Waals surface area contributed by atoms with Gasteiger partial charge >= 0.3 is 11.8 Å². The summed E-state index contributed by atoms with van der Waals surface area (Å²) in [6, 6.07) is 0. The molecule has 0 spiro atoms. The second kappa shape index (κ2) is 7.71. The smallest absolute Gasteiger partial charge is 0.286 e. The van der Waals surface area contributed by atoms with Crippen LogP contribution in [0.5, 0.6) is 0 Å². The molecule has 3 amide bonds. The Morgan fingerprint density at radius 2 is 1.80 bits per heavy atom. The molecule has 7 N–H and O–H groups in total. The highest BCUT2D eigenvalue weighted by atomic mass is 32.2. The van der Waals surface area contributed by atoms with Gasteiger partial charge in [-0.3, -0.25) is 40.7 Å². The predicted octanol–water partition coefficient (Wildman–Crippen LogP) is -1.60. The molecule has 1 fully saturated rings. The molecule has 0 unspecified atom stereocenters. The van der Waals surface area contributed by atoms with Crippen LogP contribution in [0.1, 0.15) is 25.7 Å². The number of primary sulfonamides is 1. The van der Waals surface area contributed by atoms with Crippen LogP contribution in [0.3, 0.4) is 0 Å². The number of anilines is 1. The third kappa shape index (κ3) is 5.07. The Morgan fingerprint density at radius 3 is 2.40 bits per heavy atom. The first-order valence-electron chi connectivity index (χ1n) is 7.26. The van der Waals surface area contributed by atoms with E-state index in [0.717, 1.165) is 0 Å². The largest absolute Gasteiger partial charge is 0.328 e. The zero-order valence-electron chi connectivity index (χ0n) is 12.9. The normalized spacial score (nSPS) is 20.5. The van der Waals surface area contributed by atoms with Gasteiger partial charge in [0.2, 0.25) is 26.6 Å². The second-order valence-corrected chi connectivity index (χ2v) is 7.60. The zero-order valence-corrected chi connectivity index (χ0v) is 14.5. The number of nitrogens with one attached hydrogen (secondary N) is 5. The van der Waals surface area contributed by atoms with E-state index in [9.17, 15) is 22.8 Å². The molecular formula is C11H17N7O5S2. The Kier molecular flexibility index (Phi) is 5.86. The first-order valence-corrected chi connectivity index (χ1v) is 9.27. The Labute approximate surface area is 147 Å². The number of rotatable bonds is 3. The van der Waals surface area contributed by atoms with Crippen LogP contribution in [0.4, 0.5) is 5.95 Å². The Balaban J connectivity index is 1.90. The summed E-state index contributed by atoms with van der Waals surface area (Å²) in [7, 11) is -3.89. The Hall–Kier alpha value is -2.32. The molecule has 1 aliphatic rings. The standard InChI is InChI=1S/C11H17N7O5S2/c12-25(22,23)6-4-2-1-3-5(6)7(19)15-16-9(21)8(20)13-10-14-11(24)18-17-10/h5-6H,1-4H2,(H,15,19)(H,16,21)(H2,12,22,23)(H3,13,14,17,18,20,24)/t5-,6+/m0/s1. The van der Waals surface area contributed by atoms with Crippen molar-refractivity contribution in [3.05, 3.63) is 4.77 Å². The van der Waals surface area contributed by atoms with Crippen molar-refractivity contribution < 1.29 is 22.8 Å². The zero-order chi connectivity index (χ0) is 18.6. The number of H-pyrrole nitrogens is 2. The van der Waals surface area contributed by atoms with Gasteiger partial charge in [0.1, 0.15) is 0 Å². The lowest BCUT2D eigenvalue weighted by atomic mass is 9.88. The van der Waals surface area contributed by atoms with Crippen LogP contribution >= 0.6 is 12.2 Å². The van der Waals surface area contributed by atoms with Crippen molar-refractivity contribution in [2.24, 2.45) is 11.1 Å². The molecule has 14 heteroatoms. The molecule has 0 saturated heterocycles. The van der Waals surface area contributed by atoms with E-state index in [4.69, 9.17) is 5.14 Å². The number of hydrogen-bond donors (Lipinski definition) is 6. The SMILES string of the molecule is NS(=O)(=O)[C@@H]1CCCC[C@@H]1C(=O)NNC(=O)C(=O)Nc1nc(=S)[nH][nH]1. The minimum absolute atomic E-state index is 0.0713. The van der Waals surface area contributed by atoms with E-state index >= 15 is 0 Å². The van der Waals surface area contributed by atoms with E-state index < -0.39 is 38.9 Å². The number of nitrogens with zero attached hydrogens (tertiary/aromatic N) is 1. The number of carbonyl (C=O) groups excluding carboxylic acids is 3. The molecule has 1 aliphatic carbocycles. The summed E-state index contributed by atoms with van der Waals surface area (Å²) >= 11 is 4.68. The highest BCUT2D eigenvalue weighted by molar-refractivity contribution is 7.89. The van der Waals surface area contributed by atoms with Gasteiger partial charge in [-0.2, -0.15) is 4.98 Å². The van der Waals surface area contributed by atoms with Crippen molar-refractivity contribution in [1.29, 1.82) is 0 Å². The van der Waals surface area contributed by atoms with E-state index in [2.05, 4.69) is 32.7 Å². The maximum atomic E-state index is 12.1. The van der Waals surface area contributed by atoms with Gasteiger partial charge in [-0.05, 0) is 25.1 Å². The molecule has 1 aromatic heterocycles. The number of nitrogens with two attached hydrogens (primary N) is 1. The van der Waals surface area contributed by atoms with Gasteiger partial charge in [0.15, 0.2) is 0 Å². The lowest BCUT2D eigenvalue weighted by Crippen LogP contribution is -2.52. The predicted molar refractivity (Wildman–Crippen MR) is 87.5 cm³/mol. The molecule has 0 aromatic carbocycles. The van der Waals surface area contributed by atoms with E-state index in [1.807, 2.05) is 10.9 Å². The van der Waals surface area contributed by atoms with Crippen molar-refractivity contribution >= 4 is 45.9 Å². The van der Waals surface area contributed by atoms with Crippen LogP contribution in [0, 0.1) is 10.7 Å². The monoisotopic (exact) mass is 391 g/mol. The summed E-state index contributed by atoms with van der Waals surface area (Å²) in [4.78, 5) is 39.1. The van der Waals surface area contributed by atoms with Gasteiger partial charge in [0, 0.05) is 0 Å². The molecule has 138 valence electrons. The quantitative estimate of drug-likeness (QED) is 0.203. The summed E-state index contributed by atoms with van der Waals surface area (Å²) in [6.45, 7) is 0. The molecule has 2 rings (SSSR count). The third-order valence-electron chi connectivity index (χ3n) is 3.70. The minimum Gasteiger partial charge on any atom is -0.286 e. The van der Waals surface area contributed by atoms with Gasteiger partial charge in [0.25, 0.3) is 0 Å². The molecule has 1 aromatic rings. The van der Waals surface area contributed by atoms with Gasteiger partial charge in [-0.1, -0.05) is 12.8 Å². The summed E-state index contributed by atoms with van der Waals surface area (Å²) < 4.78 is 23.2. The van der Waals surface area contributed by atoms with Crippen molar-refractivity contribution in [1.82, 2.24) is 26.0 Å². The van der Waals surface area contributed by atoms with E-state index in [0.29, 0.717) is 19.3 Å². The summed E-state index contributed by atoms with van der Waals surface area (Å²) in [5.41, 5.74) is 3.96. The van der Waals surface area contributed by atoms with Crippen LogP contribution < -0.4 is 21.3 Å². The molecule has 25 heavy (non-hydrogen) atoms. The van der Waals surface area contributed by atoms with E-state index in [1.54, 1.807) is 0 Å². The number of aromatic amines is 2. The fourth-order valence-electron chi connectivity index (χ4n) is 2.55. The van der Waals surface area contributed by atoms with Gasteiger partial charge in [-0.15, -0.1) is 0 Å². The Morgan fingerprint density at radius 1 is 1.12 bits per heavy atom. The maximum Gasteiger partial charge on any atom is 0.328 e. The molecule has 1 saturated carbocycles. The topological polar surface area (TPSA) is 192 Å². The average molecular weight is 391 g/mol. The minimum atomic E-state index is -3.89. The van der Waals surface area contributed by atoms with Crippen LogP contribution in [-0.4, -0.2) is 46.6 Å². The summed E-state index contributed by atoms with van der Waals surface area (Å²) in [5.74, 6) is -3.96. The van der Waals surface area contributed by atoms with Gasteiger partial charge < -0.3 is 0 Å². The summed E-state index contributed by atoms with van der Waals surface area (Å²) in [5, 5.41) is 11.1. The van der Waals surface area contributed by atoms with Gasteiger partial charge in [0.05, 0.1) is 11.2 Å². The maximum absolute atomic E-state index is 12.1. The fourth-order valence-corrected chi connectivity index (χ4v) is 3.91. The van der Waals surface area contributed by atoms with Crippen molar-refractivity contribution in [2.45, 2.75) is 30.9 Å². The fraction of sp³-hybridized carbons (Fsp3) is 0.545. The molecule has 0 bridgehead atoms. The number of aromatic nitrogens is 3. The Bertz CT molecular complexity index is 830. The molecule has 2 atom stereocenters. The number of carbonyl (C=O) groups is 3. The summed E-state index contributed by atoms with van der Waals surface area (Å²) in [6.07, 6.45) is 1.89. The van der Waals surface area contributed by atoms with Crippen molar-refractivity contribution in [3.63, 3.8) is 0 Å². The first kappa shape index (κ1) is 19.0. The van der Waals surface area contributed by atoms with Crippen LogP contribution in [0.25, 0.3) is 0 Å². The van der Waals surface area contributed by atoms with Gasteiger partial charge in [-0.25, -0.2) is 13.6 Å². The second-order valence-electron chi connectivity index (χ2n) is 5.43. The number of hydrogen-bond acceptors (Lipinski definition) is 7. The average Bonchev–Trinajstić information content (AvgIpc) is 2.96. The van der Waals surface area contributed by atoms with Crippen LogP contribution in [-0.2, 0) is 24.4 Å². The van der Waals surface area contributed by atoms with Crippen LogP contribution in [0.15, 0.2) is 0 Å². The van der Waals surface area contributed by atoms with Crippen LogP contribution in [0.2, 0.25) is 0 Å². The first-order chi connectivity index (χ1) is 11.7. The van der Waals surface area contributed by atoms with E-state index in [1.165, 1.54) is 0 Å². The molecule has 12 nitrogen and oxygen atoms in total. The van der Waals surface area contributed by atoms with Crippen molar-refractivity contribution in [3.8, 4) is 0 Å². The van der Waals surface area contributed by atoms with E-state index in [-0.39, 0.29) is 17.1 Å². The number of sulfonamides is 1. The highest BCUT2D eigenvalue weighted by Gasteiger charge is 2.38. The highest BCUT2D eigenvalue weighted by Crippen LogP contribution is 2.28. The molecular weight excluding hydrogens is 374 g/mol. The lowest BCUT2D eigenvalue weighted by molar-refractivity contribution is -0.139. The molecule has 0 aliphatic heterocycles. The lowest BCUT2D eigenvalue weighted by Gasteiger charge is -2.28. The molecule has 0 radical (unpaired) electrons. The third-order valence-corrected chi connectivity index (χ3v) is 5.30. The molecule has 1 heterocycles. The number of amides is 3. The van der Waals surface area contributed by atoms with Crippen molar-refractivity contribution in [2.75, 3.05) is 5.32 Å².